The summed E-state index contributed by atoms with van der Waals surface area (Å²) in [6, 6.07) is 3.53. The van der Waals surface area contributed by atoms with Gasteiger partial charge in [0.15, 0.2) is 10.8 Å². The van der Waals surface area contributed by atoms with E-state index < -0.39 is 0 Å². The zero-order chi connectivity index (χ0) is 14.1. The van der Waals surface area contributed by atoms with Gasteiger partial charge in [-0.1, -0.05) is 17.9 Å². The van der Waals surface area contributed by atoms with E-state index >= 15 is 0 Å². The lowest BCUT2D eigenvalue weighted by Gasteiger charge is -2.13. The molecule has 3 heterocycles. The topological polar surface area (TPSA) is 58.1 Å². The van der Waals surface area contributed by atoms with E-state index in [1.54, 1.807) is 17.4 Å². The third kappa shape index (κ3) is 2.31. The fourth-order valence-electron chi connectivity index (χ4n) is 2.21. The quantitative estimate of drug-likeness (QED) is 0.928. The number of hydrogen-bond acceptors (Lipinski definition) is 5. The number of thiazole rings is 1. The summed E-state index contributed by atoms with van der Waals surface area (Å²) in [4.78, 5) is 22.4. The van der Waals surface area contributed by atoms with Gasteiger partial charge in [0.2, 0.25) is 5.91 Å². The van der Waals surface area contributed by atoms with E-state index in [-0.39, 0.29) is 18.0 Å². The fraction of sp³-hybridized carbons (Fsp3) is 0.308. The van der Waals surface area contributed by atoms with E-state index in [4.69, 9.17) is 1.37 Å². The van der Waals surface area contributed by atoms with E-state index in [1.165, 1.54) is 6.20 Å². The van der Waals surface area contributed by atoms with Crippen molar-refractivity contribution in [3.8, 4) is 0 Å². The van der Waals surface area contributed by atoms with E-state index in [9.17, 15) is 4.79 Å². The summed E-state index contributed by atoms with van der Waals surface area (Å²) in [5.74, 6) is -0.0186. The highest BCUT2D eigenvalue weighted by molar-refractivity contribution is 7.22. The third-order valence-electron chi connectivity index (χ3n) is 3.18. The summed E-state index contributed by atoms with van der Waals surface area (Å²) in [5.41, 5.74) is 0.608. The molecule has 1 fully saturated rings. The minimum Gasteiger partial charge on any atom is -0.347 e. The molecule has 2 aromatic heterocycles. The lowest BCUT2D eigenvalue weighted by molar-refractivity contribution is -0.123. The molecule has 0 bridgehead atoms. The van der Waals surface area contributed by atoms with Crippen molar-refractivity contribution in [2.24, 2.45) is 5.92 Å². The second-order valence-corrected chi connectivity index (χ2v) is 5.41. The second-order valence-electron chi connectivity index (χ2n) is 4.40. The molecule has 6 heteroatoms. The molecular formula is C13H14N4OS. The highest BCUT2D eigenvalue weighted by Gasteiger charge is 2.29. The second kappa shape index (κ2) is 4.97. The molecule has 1 unspecified atom stereocenters. The van der Waals surface area contributed by atoms with Crippen LogP contribution in [0.1, 0.15) is 7.79 Å². The standard InChI is InChI=1S/C13H14N4OS/c1-2-14-12(18)9-5-7-17(8-9)13-16-11-10(19-13)4-3-6-15-11/h2-4,6,9H,1,5,7-8H2,(H,14,18)/i6T. The molecule has 0 aliphatic carbocycles. The highest BCUT2D eigenvalue weighted by Crippen LogP contribution is 2.31. The zero-order valence-corrected chi connectivity index (χ0v) is 11.1. The predicted octanol–water partition coefficient (Wildman–Crippen LogP) is 1.78. The molecule has 0 aromatic carbocycles. The van der Waals surface area contributed by atoms with E-state index in [0.29, 0.717) is 12.2 Å². The molecule has 0 spiro atoms. The summed E-state index contributed by atoms with van der Waals surface area (Å²) < 4.78 is 8.48. The summed E-state index contributed by atoms with van der Waals surface area (Å²) in [7, 11) is 0. The summed E-state index contributed by atoms with van der Waals surface area (Å²) >= 11 is 1.55. The number of carbonyl (C=O) groups excluding carboxylic acids is 1. The zero-order valence-electron chi connectivity index (χ0n) is 11.3. The van der Waals surface area contributed by atoms with E-state index in [1.807, 2.05) is 6.07 Å². The van der Waals surface area contributed by atoms with Crippen LogP contribution in [0, 0.1) is 5.92 Å². The Morgan fingerprint density at radius 1 is 1.74 bits per heavy atom. The minimum absolute atomic E-state index is 0.00943. The first-order chi connectivity index (χ1) is 9.67. The molecule has 1 saturated heterocycles. The van der Waals surface area contributed by atoms with Crippen molar-refractivity contribution in [2.75, 3.05) is 18.0 Å². The van der Waals surface area contributed by atoms with Crippen LogP contribution in [0.25, 0.3) is 10.3 Å². The highest BCUT2D eigenvalue weighted by atomic mass is 32.1. The lowest BCUT2D eigenvalue weighted by atomic mass is 10.1. The molecular weight excluding hydrogens is 260 g/mol. The van der Waals surface area contributed by atoms with Gasteiger partial charge in [-0.15, -0.1) is 0 Å². The fourth-order valence-corrected chi connectivity index (χ4v) is 3.16. The van der Waals surface area contributed by atoms with Crippen molar-refractivity contribution in [1.29, 1.82) is 0 Å². The Morgan fingerprint density at radius 2 is 2.63 bits per heavy atom. The Bertz CT molecular complexity index is 671. The van der Waals surface area contributed by atoms with Crippen molar-refractivity contribution in [2.45, 2.75) is 6.42 Å². The van der Waals surface area contributed by atoms with Gasteiger partial charge in [-0.3, -0.25) is 4.79 Å². The van der Waals surface area contributed by atoms with E-state index in [0.717, 1.165) is 22.8 Å². The first-order valence-corrected chi connectivity index (χ1v) is 6.89. The Kier molecular flexibility index (Phi) is 2.86. The largest absolute Gasteiger partial charge is 0.347 e. The van der Waals surface area contributed by atoms with Crippen LogP contribution in [0.3, 0.4) is 0 Å². The van der Waals surface area contributed by atoms with Crippen LogP contribution in [-0.2, 0) is 4.79 Å². The Morgan fingerprint density at radius 3 is 3.47 bits per heavy atom. The molecule has 19 heavy (non-hydrogen) atoms. The SMILES string of the molecule is [3H]c1ccc2sc(N3CCC(C(=O)NC=C)C3)nc2n1. The maximum absolute atomic E-state index is 11.8. The van der Waals surface area contributed by atoms with Gasteiger partial charge in [0, 0.05) is 19.3 Å². The number of hydrogen-bond donors (Lipinski definition) is 1. The smallest absolute Gasteiger partial charge is 0.228 e. The van der Waals surface area contributed by atoms with Gasteiger partial charge in [0.1, 0.15) is 0 Å². The van der Waals surface area contributed by atoms with Gasteiger partial charge in [-0.05, 0) is 24.8 Å². The number of rotatable bonds is 3. The summed E-state index contributed by atoms with van der Waals surface area (Å²) in [5, 5.41) is 3.51. The van der Waals surface area contributed by atoms with Crippen molar-refractivity contribution < 1.29 is 6.17 Å². The number of amides is 1. The first kappa shape index (κ1) is 10.9. The maximum Gasteiger partial charge on any atom is 0.228 e. The molecule has 1 aliphatic rings. The van der Waals surface area contributed by atoms with Gasteiger partial charge in [0.05, 0.1) is 12.0 Å². The number of nitrogens with one attached hydrogen (secondary N) is 1. The van der Waals surface area contributed by atoms with Crippen molar-refractivity contribution in [3.63, 3.8) is 0 Å². The Balaban J connectivity index is 1.79. The first-order valence-electron chi connectivity index (χ1n) is 6.58. The number of carbonyl (C=O) groups is 1. The molecule has 1 N–H and O–H groups in total. The van der Waals surface area contributed by atoms with Crippen LogP contribution >= 0.6 is 11.3 Å². The van der Waals surface area contributed by atoms with Crippen LogP contribution in [-0.4, -0.2) is 29.0 Å². The van der Waals surface area contributed by atoms with Crippen molar-refractivity contribution in [1.82, 2.24) is 15.3 Å². The van der Waals surface area contributed by atoms with Gasteiger partial charge in [0.25, 0.3) is 0 Å². The number of anilines is 1. The average molecular weight is 276 g/mol. The van der Waals surface area contributed by atoms with Crippen molar-refractivity contribution in [3.05, 3.63) is 31.1 Å². The molecule has 3 rings (SSSR count). The molecule has 1 aliphatic heterocycles. The maximum atomic E-state index is 11.8. The minimum atomic E-state index is -0.0280. The molecule has 0 radical (unpaired) electrons. The summed E-state index contributed by atoms with van der Waals surface area (Å²) in [6.45, 7) is 4.97. The number of pyridine rings is 1. The molecule has 1 atom stereocenters. The molecule has 2 aromatic rings. The Labute approximate surface area is 116 Å². The molecule has 0 saturated carbocycles. The molecule has 98 valence electrons. The summed E-state index contributed by atoms with van der Waals surface area (Å²) in [6.07, 6.45) is 2.45. The molecule has 1 amide bonds. The normalized spacial score (nSPS) is 19.5. The molecule has 5 nitrogen and oxygen atoms in total. The lowest BCUT2D eigenvalue weighted by Crippen LogP contribution is -2.29. The monoisotopic (exact) mass is 276 g/mol. The van der Waals surface area contributed by atoms with Crippen LogP contribution in [0.15, 0.2) is 31.1 Å². The average Bonchev–Trinajstić information content (AvgIpc) is 3.04. The van der Waals surface area contributed by atoms with Gasteiger partial charge in [-0.25, -0.2) is 4.98 Å². The number of nitrogens with zero attached hydrogens (tertiary/aromatic N) is 3. The van der Waals surface area contributed by atoms with Crippen LogP contribution in [0.5, 0.6) is 0 Å². The Hall–Kier alpha value is -1.95. The third-order valence-corrected chi connectivity index (χ3v) is 4.25. The number of aromatic nitrogens is 2. The van der Waals surface area contributed by atoms with Crippen LogP contribution in [0.2, 0.25) is 0 Å². The van der Waals surface area contributed by atoms with Crippen molar-refractivity contribution >= 4 is 32.7 Å². The van der Waals surface area contributed by atoms with Crippen LogP contribution in [0.4, 0.5) is 5.13 Å². The van der Waals surface area contributed by atoms with Gasteiger partial charge < -0.3 is 10.2 Å². The van der Waals surface area contributed by atoms with E-state index in [2.05, 4.69) is 26.8 Å². The van der Waals surface area contributed by atoms with Crippen LogP contribution < -0.4 is 10.2 Å². The predicted molar refractivity (Wildman–Crippen MR) is 76.1 cm³/mol. The van der Waals surface area contributed by atoms with Gasteiger partial charge in [-0.2, -0.15) is 4.98 Å². The van der Waals surface area contributed by atoms with Gasteiger partial charge >= 0.3 is 0 Å². The number of fused-ring (bicyclic) bond motifs is 1.